The molecule has 2 aromatic heterocycles. The molecular formula is C21H24N4O4S. The highest BCUT2D eigenvalue weighted by Crippen LogP contribution is 2.32. The van der Waals surface area contributed by atoms with Crippen LogP contribution in [0.1, 0.15) is 17.4 Å². The molecule has 0 spiro atoms. The maximum Gasteiger partial charge on any atom is 0.322 e. The highest BCUT2D eigenvalue weighted by atomic mass is 32.1. The molecule has 1 N–H and O–H groups in total. The molecule has 8 nitrogen and oxygen atoms in total. The van der Waals surface area contributed by atoms with Gasteiger partial charge in [0.2, 0.25) is 0 Å². The van der Waals surface area contributed by atoms with Crippen molar-refractivity contribution in [3.05, 3.63) is 51.4 Å². The van der Waals surface area contributed by atoms with Gasteiger partial charge in [0.25, 0.3) is 5.56 Å². The van der Waals surface area contributed by atoms with Gasteiger partial charge in [-0.3, -0.25) is 9.36 Å². The topological polar surface area (TPSA) is 85.7 Å². The summed E-state index contributed by atoms with van der Waals surface area (Å²) >= 11 is 1.49. The third-order valence-electron chi connectivity index (χ3n) is 5.07. The van der Waals surface area contributed by atoms with Crippen LogP contribution in [0.2, 0.25) is 0 Å². The molecule has 0 fully saturated rings. The van der Waals surface area contributed by atoms with Crippen molar-refractivity contribution in [2.24, 2.45) is 0 Å². The predicted octanol–water partition coefficient (Wildman–Crippen LogP) is 3.09. The zero-order valence-corrected chi connectivity index (χ0v) is 17.8. The number of carbonyl (C=O) groups is 1. The number of nitrogens with zero attached hydrogens (tertiary/aromatic N) is 3. The van der Waals surface area contributed by atoms with Crippen LogP contribution < -0.4 is 15.6 Å². The maximum atomic E-state index is 12.9. The lowest BCUT2D eigenvalue weighted by atomic mass is 10.1. The standard InChI is InChI=1S/C21H24N4O4S/c1-3-29-15-6-4-14(5-7-15)23-21(27)24-9-8-16-17(12-24)30-19-18(16)20(26)25(13-22-19)10-11-28-2/h4-7,13H,3,8-12H2,1-2H3,(H,23,27). The molecule has 0 unspecified atom stereocenters. The molecule has 2 amide bonds. The Morgan fingerprint density at radius 3 is 2.83 bits per heavy atom. The Balaban J connectivity index is 1.50. The third-order valence-corrected chi connectivity index (χ3v) is 6.19. The van der Waals surface area contributed by atoms with Crippen LogP contribution in [0.15, 0.2) is 35.4 Å². The molecule has 0 radical (unpaired) electrons. The van der Waals surface area contributed by atoms with Gasteiger partial charge in [-0.05, 0) is 43.2 Å². The minimum absolute atomic E-state index is 0.0400. The molecule has 1 aliphatic rings. The van der Waals surface area contributed by atoms with Crippen LogP contribution in [0.5, 0.6) is 5.75 Å². The first kappa shape index (κ1) is 20.4. The van der Waals surface area contributed by atoms with Crippen molar-refractivity contribution in [3.63, 3.8) is 0 Å². The monoisotopic (exact) mass is 428 g/mol. The number of methoxy groups -OCH3 is 1. The summed E-state index contributed by atoms with van der Waals surface area (Å²) in [6.45, 7) is 4.48. The van der Waals surface area contributed by atoms with E-state index in [1.807, 2.05) is 31.2 Å². The number of anilines is 1. The summed E-state index contributed by atoms with van der Waals surface area (Å²) in [6, 6.07) is 7.15. The molecule has 0 bridgehead atoms. The van der Waals surface area contributed by atoms with Gasteiger partial charge in [-0.25, -0.2) is 9.78 Å². The van der Waals surface area contributed by atoms with E-state index in [-0.39, 0.29) is 11.6 Å². The molecule has 3 aromatic rings. The Morgan fingerprint density at radius 1 is 1.30 bits per heavy atom. The second kappa shape index (κ2) is 8.85. The van der Waals surface area contributed by atoms with Crippen LogP contribution in [-0.4, -0.2) is 47.4 Å². The van der Waals surface area contributed by atoms with Crippen LogP contribution in [0.3, 0.4) is 0 Å². The Kier molecular flexibility index (Phi) is 6.01. The summed E-state index contributed by atoms with van der Waals surface area (Å²) in [4.78, 5) is 33.6. The van der Waals surface area contributed by atoms with E-state index < -0.39 is 0 Å². The van der Waals surface area contributed by atoms with E-state index in [0.717, 1.165) is 21.0 Å². The number of carbonyl (C=O) groups excluding carboxylic acids is 1. The quantitative estimate of drug-likeness (QED) is 0.652. The Bertz CT molecular complexity index is 1110. The van der Waals surface area contributed by atoms with Gasteiger partial charge in [0, 0.05) is 24.2 Å². The lowest BCUT2D eigenvalue weighted by Crippen LogP contribution is -2.38. The Labute approximate surface area is 178 Å². The molecule has 9 heteroatoms. The normalized spacial score (nSPS) is 13.3. The van der Waals surface area contributed by atoms with Crippen molar-refractivity contribution >= 4 is 33.3 Å². The first-order chi connectivity index (χ1) is 14.6. The number of benzene rings is 1. The first-order valence-electron chi connectivity index (χ1n) is 9.88. The van der Waals surface area contributed by atoms with E-state index in [9.17, 15) is 9.59 Å². The highest BCUT2D eigenvalue weighted by Gasteiger charge is 2.26. The lowest BCUT2D eigenvalue weighted by Gasteiger charge is -2.27. The Morgan fingerprint density at radius 2 is 2.10 bits per heavy atom. The van der Waals surface area contributed by atoms with Gasteiger partial charge in [-0.2, -0.15) is 0 Å². The molecule has 0 saturated heterocycles. The molecule has 158 valence electrons. The summed E-state index contributed by atoms with van der Waals surface area (Å²) < 4.78 is 12.1. The number of nitrogens with one attached hydrogen (secondary N) is 1. The smallest absolute Gasteiger partial charge is 0.322 e. The van der Waals surface area contributed by atoms with Crippen molar-refractivity contribution in [2.75, 3.05) is 32.2 Å². The van der Waals surface area contributed by atoms with E-state index in [4.69, 9.17) is 9.47 Å². The number of thiophene rings is 1. The SMILES string of the molecule is CCOc1ccc(NC(=O)N2CCc3c(sc4ncn(CCOC)c(=O)c34)C2)cc1. The van der Waals surface area contributed by atoms with Crippen LogP contribution in [0.25, 0.3) is 10.2 Å². The molecular weight excluding hydrogens is 404 g/mol. The number of ether oxygens (including phenoxy) is 2. The molecule has 4 rings (SSSR count). The summed E-state index contributed by atoms with van der Waals surface area (Å²) in [5.41, 5.74) is 1.69. The van der Waals surface area contributed by atoms with E-state index in [1.54, 1.807) is 22.9 Å². The van der Waals surface area contributed by atoms with E-state index in [1.165, 1.54) is 11.3 Å². The average molecular weight is 429 g/mol. The molecule has 1 aromatic carbocycles. The number of urea groups is 1. The fraction of sp³-hybridized carbons (Fsp3) is 0.381. The van der Waals surface area contributed by atoms with E-state index in [0.29, 0.717) is 50.3 Å². The number of hydrogen-bond donors (Lipinski definition) is 1. The molecule has 30 heavy (non-hydrogen) atoms. The largest absolute Gasteiger partial charge is 0.494 e. The molecule has 1 aliphatic heterocycles. The predicted molar refractivity (Wildman–Crippen MR) is 116 cm³/mol. The fourth-order valence-corrected chi connectivity index (χ4v) is 4.74. The number of amides is 2. The number of hydrogen-bond acceptors (Lipinski definition) is 6. The summed E-state index contributed by atoms with van der Waals surface area (Å²) in [6.07, 6.45) is 2.21. The molecule has 0 aliphatic carbocycles. The highest BCUT2D eigenvalue weighted by molar-refractivity contribution is 7.18. The minimum Gasteiger partial charge on any atom is -0.494 e. The zero-order chi connectivity index (χ0) is 21.1. The van der Waals surface area contributed by atoms with Gasteiger partial charge in [-0.15, -0.1) is 11.3 Å². The average Bonchev–Trinajstić information content (AvgIpc) is 3.13. The molecule has 3 heterocycles. The first-order valence-corrected chi connectivity index (χ1v) is 10.7. The number of aromatic nitrogens is 2. The van der Waals surface area contributed by atoms with Gasteiger partial charge in [0.1, 0.15) is 10.6 Å². The van der Waals surface area contributed by atoms with Crippen LogP contribution >= 0.6 is 11.3 Å². The van der Waals surface area contributed by atoms with Crippen molar-refractivity contribution < 1.29 is 14.3 Å². The second-order valence-electron chi connectivity index (χ2n) is 6.98. The van der Waals surface area contributed by atoms with Gasteiger partial charge >= 0.3 is 6.03 Å². The summed E-state index contributed by atoms with van der Waals surface area (Å²) in [7, 11) is 1.61. The van der Waals surface area contributed by atoms with Crippen LogP contribution in [0.4, 0.5) is 10.5 Å². The van der Waals surface area contributed by atoms with E-state index >= 15 is 0 Å². The third kappa shape index (κ3) is 4.03. The van der Waals surface area contributed by atoms with Crippen molar-refractivity contribution in [1.29, 1.82) is 0 Å². The lowest BCUT2D eigenvalue weighted by molar-refractivity contribution is 0.186. The van der Waals surface area contributed by atoms with Gasteiger partial charge in [0.15, 0.2) is 0 Å². The summed E-state index contributed by atoms with van der Waals surface area (Å²) in [5, 5.41) is 3.61. The second-order valence-corrected chi connectivity index (χ2v) is 8.06. The van der Waals surface area contributed by atoms with Crippen molar-refractivity contribution in [2.45, 2.75) is 26.4 Å². The van der Waals surface area contributed by atoms with Gasteiger partial charge in [0.05, 0.1) is 38.0 Å². The van der Waals surface area contributed by atoms with Crippen LogP contribution in [0, 0.1) is 0 Å². The Hall–Kier alpha value is -2.91. The van der Waals surface area contributed by atoms with Crippen molar-refractivity contribution in [3.8, 4) is 5.75 Å². The number of fused-ring (bicyclic) bond motifs is 3. The molecule has 0 saturated carbocycles. The zero-order valence-electron chi connectivity index (χ0n) is 17.0. The molecule has 0 atom stereocenters. The van der Waals surface area contributed by atoms with Crippen molar-refractivity contribution in [1.82, 2.24) is 14.5 Å². The fourth-order valence-electron chi connectivity index (χ4n) is 3.54. The summed E-state index contributed by atoms with van der Waals surface area (Å²) in [5.74, 6) is 0.770. The maximum absolute atomic E-state index is 12.9. The number of rotatable bonds is 6. The van der Waals surface area contributed by atoms with Gasteiger partial charge in [-0.1, -0.05) is 0 Å². The van der Waals surface area contributed by atoms with Crippen LogP contribution in [-0.2, 0) is 24.2 Å². The van der Waals surface area contributed by atoms with E-state index in [2.05, 4.69) is 10.3 Å². The van der Waals surface area contributed by atoms with Gasteiger partial charge < -0.3 is 19.7 Å². The minimum atomic E-state index is -0.160.